The molecule has 1 saturated heterocycles. The molecule has 31 heavy (non-hydrogen) atoms. The monoisotopic (exact) mass is 435 g/mol. The molecule has 0 aromatic heterocycles. The molecule has 3 rings (SSSR count). The van der Waals surface area contributed by atoms with Crippen molar-refractivity contribution < 1.29 is 34.0 Å². The number of carbonyl (C=O) groups excluding carboxylic acids is 1. The van der Waals surface area contributed by atoms with E-state index in [2.05, 4.69) is 4.90 Å². The van der Waals surface area contributed by atoms with Gasteiger partial charge in [0.25, 0.3) is 0 Å². The Bertz CT molecular complexity index is 815. The van der Waals surface area contributed by atoms with Crippen LogP contribution in [0.4, 0.5) is 0 Å². The van der Waals surface area contributed by atoms with E-state index >= 15 is 0 Å². The summed E-state index contributed by atoms with van der Waals surface area (Å²) in [7, 11) is 1.55. The second-order valence-electron chi connectivity index (χ2n) is 7.99. The van der Waals surface area contributed by atoms with Gasteiger partial charge in [0, 0.05) is 37.2 Å². The number of nitrogens with zero attached hydrogens (tertiary/aromatic N) is 1. The Balaban J connectivity index is 1.52. The van der Waals surface area contributed by atoms with Gasteiger partial charge in [-0.05, 0) is 32.3 Å². The molecule has 1 unspecified atom stereocenters. The first-order chi connectivity index (χ1) is 14.9. The highest BCUT2D eigenvalue weighted by molar-refractivity contribution is 5.98. The van der Waals surface area contributed by atoms with E-state index in [1.807, 2.05) is 19.9 Å². The molecule has 0 amide bonds. The van der Waals surface area contributed by atoms with E-state index in [4.69, 9.17) is 18.9 Å². The van der Waals surface area contributed by atoms with E-state index < -0.39 is 12.3 Å². The fourth-order valence-corrected chi connectivity index (χ4v) is 3.98. The highest BCUT2D eigenvalue weighted by Gasteiger charge is 2.31. The largest absolute Gasteiger partial charge is 0.507 e. The third kappa shape index (κ3) is 5.77. The van der Waals surface area contributed by atoms with E-state index in [-0.39, 0.29) is 17.9 Å². The molecule has 0 spiro atoms. The van der Waals surface area contributed by atoms with Crippen molar-refractivity contribution in [3.8, 4) is 11.5 Å². The first kappa shape index (κ1) is 23.5. The standard InChI is InChI=1S/C23H33NO7/c1-15(5-7-19(25)30-13-10-24-8-11-29-12-9-24)4-6-17-21(26)20-18(14-31-23(20)27)16(2)22(17)28-3/h4,19,25-26H,5-14H2,1-3H3/b15-4+. The molecular weight excluding hydrogens is 402 g/mol. The molecule has 2 aliphatic heterocycles. The zero-order valence-corrected chi connectivity index (χ0v) is 18.6. The lowest BCUT2D eigenvalue weighted by atomic mass is 9.94. The first-order valence-electron chi connectivity index (χ1n) is 10.8. The fraction of sp³-hybridized carbons (Fsp3) is 0.609. The first-order valence-corrected chi connectivity index (χ1v) is 10.8. The average molecular weight is 436 g/mol. The number of ether oxygens (including phenoxy) is 4. The Kier molecular flexibility index (Phi) is 8.31. The number of aliphatic hydroxyl groups excluding tert-OH is 1. The summed E-state index contributed by atoms with van der Waals surface area (Å²) in [5, 5.41) is 20.8. The van der Waals surface area contributed by atoms with Crippen molar-refractivity contribution in [2.75, 3.05) is 46.6 Å². The van der Waals surface area contributed by atoms with Crippen LogP contribution in [-0.2, 0) is 27.2 Å². The number of esters is 1. The third-order valence-electron chi connectivity index (χ3n) is 5.91. The summed E-state index contributed by atoms with van der Waals surface area (Å²) >= 11 is 0. The van der Waals surface area contributed by atoms with Crippen LogP contribution >= 0.6 is 0 Å². The Hall–Kier alpha value is -2.13. The number of hydrogen-bond donors (Lipinski definition) is 2. The maximum Gasteiger partial charge on any atom is 0.342 e. The highest BCUT2D eigenvalue weighted by Crippen LogP contribution is 2.42. The van der Waals surface area contributed by atoms with Crippen LogP contribution in [0, 0.1) is 6.92 Å². The maximum absolute atomic E-state index is 12.0. The Morgan fingerprint density at radius 2 is 2.06 bits per heavy atom. The Morgan fingerprint density at radius 1 is 1.32 bits per heavy atom. The van der Waals surface area contributed by atoms with Crippen LogP contribution in [0.2, 0.25) is 0 Å². The quantitative estimate of drug-likeness (QED) is 0.328. The molecule has 1 aromatic carbocycles. The summed E-state index contributed by atoms with van der Waals surface area (Å²) in [6.45, 7) is 8.56. The van der Waals surface area contributed by atoms with Crippen LogP contribution in [0.25, 0.3) is 0 Å². The zero-order chi connectivity index (χ0) is 22.4. The van der Waals surface area contributed by atoms with E-state index in [1.54, 1.807) is 7.11 Å². The number of aromatic hydroxyl groups is 1. The number of benzene rings is 1. The number of phenolic OH excluding ortho intramolecular Hbond substituents is 1. The smallest absolute Gasteiger partial charge is 0.342 e. The van der Waals surface area contributed by atoms with Crippen molar-refractivity contribution in [1.29, 1.82) is 0 Å². The summed E-state index contributed by atoms with van der Waals surface area (Å²) in [5.41, 5.74) is 3.35. The number of morpholine rings is 1. The number of rotatable bonds is 10. The number of allylic oxidation sites excluding steroid dienone is 2. The molecular formula is C23H33NO7. The number of cyclic esters (lactones) is 1. The van der Waals surface area contributed by atoms with Crippen molar-refractivity contribution >= 4 is 5.97 Å². The molecule has 1 atom stereocenters. The average Bonchev–Trinajstić information content (AvgIpc) is 3.16. The Labute approximate surface area is 183 Å². The molecule has 2 N–H and O–H groups in total. The second kappa shape index (κ2) is 10.9. The van der Waals surface area contributed by atoms with Crippen molar-refractivity contribution in [3.63, 3.8) is 0 Å². The van der Waals surface area contributed by atoms with Crippen LogP contribution in [-0.4, -0.2) is 73.9 Å². The molecule has 1 fully saturated rings. The fourth-order valence-electron chi connectivity index (χ4n) is 3.98. The van der Waals surface area contributed by atoms with Crippen LogP contribution in [0.15, 0.2) is 11.6 Å². The van der Waals surface area contributed by atoms with Gasteiger partial charge in [-0.25, -0.2) is 4.79 Å². The predicted molar refractivity (Wildman–Crippen MR) is 114 cm³/mol. The summed E-state index contributed by atoms with van der Waals surface area (Å²) in [4.78, 5) is 14.3. The molecule has 0 saturated carbocycles. The van der Waals surface area contributed by atoms with Gasteiger partial charge in [-0.2, -0.15) is 0 Å². The van der Waals surface area contributed by atoms with Crippen molar-refractivity contribution in [1.82, 2.24) is 4.90 Å². The van der Waals surface area contributed by atoms with Gasteiger partial charge < -0.3 is 29.2 Å². The highest BCUT2D eigenvalue weighted by atomic mass is 16.6. The molecule has 1 aromatic rings. The summed E-state index contributed by atoms with van der Waals surface area (Å²) < 4.78 is 21.4. The Morgan fingerprint density at radius 3 is 2.77 bits per heavy atom. The van der Waals surface area contributed by atoms with Gasteiger partial charge >= 0.3 is 5.97 Å². The number of carbonyl (C=O) groups is 1. The van der Waals surface area contributed by atoms with Gasteiger partial charge in [-0.1, -0.05) is 11.6 Å². The number of phenols is 1. The van der Waals surface area contributed by atoms with Crippen LogP contribution in [0.3, 0.4) is 0 Å². The molecule has 2 heterocycles. The van der Waals surface area contributed by atoms with Crippen molar-refractivity contribution in [2.24, 2.45) is 0 Å². The molecule has 8 nitrogen and oxygen atoms in total. The van der Waals surface area contributed by atoms with Gasteiger partial charge in [-0.3, -0.25) is 4.90 Å². The summed E-state index contributed by atoms with van der Waals surface area (Å²) in [6, 6.07) is 0. The van der Waals surface area contributed by atoms with Gasteiger partial charge in [0.2, 0.25) is 0 Å². The molecule has 0 bridgehead atoms. The minimum atomic E-state index is -0.815. The van der Waals surface area contributed by atoms with Crippen LogP contribution in [0.5, 0.6) is 11.5 Å². The topological polar surface area (TPSA) is 97.7 Å². The van der Waals surface area contributed by atoms with Gasteiger partial charge in [0.05, 0.1) is 26.9 Å². The van der Waals surface area contributed by atoms with Crippen LogP contribution in [0.1, 0.15) is 46.8 Å². The summed E-state index contributed by atoms with van der Waals surface area (Å²) in [5.74, 6) is -0.00174. The number of fused-ring (bicyclic) bond motifs is 1. The van der Waals surface area contributed by atoms with E-state index in [0.717, 1.165) is 44.0 Å². The second-order valence-corrected chi connectivity index (χ2v) is 7.99. The van der Waals surface area contributed by atoms with E-state index in [1.165, 1.54) is 0 Å². The molecule has 2 aliphatic rings. The van der Waals surface area contributed by atoms with E-state index in [0.29, 0.717) is 42.7 Å². The minimum Gasteiger partial charge on any atom is -0.507 e. The lowest BCUT2D eigenvalue weighted by Crippen LogP contribution is -2.38. The van der Waals surface area contributed by atoms with Crippen molar-refractivity contribution in [2.45, 2.75) is 46.0 Å². The predicted octanol–water partition coefficient (Wildman–Crippen LogP) is 2.32. The molecule has 0 radical (unpaired) electrons. The number of methoxy groups -OCH3 is 1. The molecule has 0 aliphatic carbocycles. The van der Waals surface area contributed by atoms with Crippen LogP contribution < -0.4 is 4.74 Å². The lowest BCUT2D eigenvalue weighted by molar-refractivity contribution is -0.109. The lowest BCUT2D eigenvalue weighted by Gasteiger charge is -2.26. The normalized spacial score (nSPS) is 18.1. The number of hydrogen-bond acceptors (Lipinski definition) is 8. The van der Waals surface area contributed by atoms with E-state index in [9.17, 15) is 15.0 Å². The summed E-state index contributed by atoms with van der Waals surface area (Å²) in [6.07, 6.45) is 2.72. The maximum atomic E-state index is 12.0. The number of aliphatic hydroxyl groups is 1. The minimum absolute atomic E-state index is 0.0736. The SMILES string of the molecule is COc1c(C)c2c(c(O)c1C/C=C(\C)CCC(O)OCCN1CCOCC1)C(=O)OC2. The molecule has 8 heteroatoms. The van der Waals surface area contributed by atoms with Gasteiger partial charge in [0.15, 0.2) is 6.29 Å². The van der Waals surface area contributed by atoms with Gasteiger partial charge in [0.1, 0.15) is 23.7 Å². The third-order valence-corrected chi connectivity index (χ3v) is 5.91. The zero-order valence-electron chi connectivity index (χ0n) is 18.6. The van der Waals surface area contributed by atoms with Crippen molar-refractivity contribution in [3.05, 3.63) is 33.9 Å². The van der Waals surface area contributed by atoms with Gasteiger partial charge in [-0.15, -0.1) is 0 Å². The molecule has 172 valence electrons.